The van der Waals surface area contributed by atoms with E-state index in [-0.39, 0.29) is 22.7 Å². The molecule has 0 spiro atoms. The van der Waals surface area contributed by atoms with Gasteiger partial charge in [-0.05, 0) is 48.2 Å². The number of nitrogens with one attached hydrogen (secondary N) is 1. The molecule has 0 aromatic heterocycles. The van der Waals surface area contributed by atoms with Crippen molar-refractivity contribution in [1.29, 1.82) is 0 Å². The van der Waals surface area contributed by atoms with Crippen LogP contribution in [0.25, 0.3) is 0 Å². The number of amides is 1. The summed E-state index contributed by atoms with van der Waals surface area (Å²) >= 11 is 12.0. The van der Waals surface area contributed by atoms with Gasteiger partial charge in [0, 0.05) is 5.02 Å². The maximum Gasteiger partial charge on any atom is 0.392 e. The second kappa shape index (κ2) is 11.7. The summed E-state index contributed by atoms with van der Waals surface area (Å²) in [7, 11) is 0. The first-order valence-corrected chi connectivity index (χ1v) is 11.3. The van der Waals surface area contributed by atoms with Gasteiger partial charge in [0.05, 0.1) is 28.5 Å². The number of unbranched alkanes of at least 4 members (excludes halogenated alkanes) is 1. The van der Waals surface area contributed by atoms with E-state index in [2.05, 4.69) is 5.32 Å². The van der Waals surface area contributed by atoms with Gasteiger partial charge in [0.1, 0.15) is 0 Å². The van der Waals surface area contributed by atoms with E-state index >= 15 is 0 Å². The lowest BCUT2D eigenvalue weighted by Crippen LogP contribution is -2.34. The Bertz CT molecular complexity index is 964. The van der Waals surface area contributed by atoms with E-state index < -0.39 is 35.8 Å². The van der Waals surface area contributed by atoms with Crippen LogP contribution in [-0.4, -0.2) is 23.2 Å². The summed E-state index contributed by atoms with van der Waals surface area (Å²) in [4.78, 5) is 24.6. The van der Waals surface area contributed by atoms with Gasteiger partial charge in [0.25, 0.3) is 0 Å². The zero-order valence-electron chi connectivity index (χ0n) is 18.3. The monoisotopic (exact) mass is 503 g/mol. The minimum Gasteiger partial charge on any atom is -0.481 e. The first-order chi connectivity index (χ1) is 15.4. The number of carboxylic acid groups (broad SMARTS) is 1. The Morgan fingerprint density at radius 1 is 1.09 bits per heavy atom. The van der Waals surface area contributed by atoms with Crippen LogP contribution in [0.4, 0.5) is 18.9 Å². The highest BCUT2D eigenvalue weighted by atomic mass is 35.5. The molecule has 2 aromatic carbocycles. The number of carbonyl (C=O) groups excluding carboxylic acids is 1. The van der Waals surface area contributed by atoms with Crippen molar-refractivity contribution in [3.63, 3.8) is 0 Å². The van der Waals surface area contributed by atoms with Crippen molar-refractivity contribution in [3.05, 3.63) is 63.6 Å². The molecule has 0 heterocycles. The van der Waals surface area contributed by atoms with Gasteiger partial charge in [-0.15, -0.1) is 0 Å². The zero-order valence-corrected chi connectivity index (χ0v) is 19.8. The number of aliphatic carboxylic acids is 1. The number of rotatable bonds is 10. The molecule has 2 rings (SSSR count). The Morgan fingerprint density at radius 2 is 1.73 bits per heavy atom. The lowest BCUT2D eigenvalue weighted by atomic mass is 9.85. The van der Waals surface area contributed by atoms with Crippen molar-refractivity contribution in [3.8, 4) is 0 Å². The maximum absolute atomic E-state index is 13.5. The normalized spacial score (nSPS) is 14.4. The minimum atomic E-state index is -4.61. The summed E-state index contributed by atoms with van der Waals surface area (Å²) in [5.41, 5.74) is 0.914. The van der Waals surface area contributed by atoms with Gasteiger partial charge in [-0.1, -0.05) is 68.1 Å². The fourth-order valence-corrected chi connectivity index (χ4v) is 3.87. The smallest absolute Gasteiger partial charge is 0.392 e. The molecule has 4 nitrogen and oxygen atoms in total. The molecule has 0 bridgehead atoms. The van der Waals surface area contributed by atoms with E-state index in [9.17, 15) is 27.9 Å². The van der Waals surface area contributed by atoms with Crippen molar-refractivity contribution in [2.45, 2.75) is 51.6 Å². The van der Waals surface area contributed by atoms with E-state index in [1.54, 1.807) is 6.07 Å². The molecule has 180 valence electrons. The van der Waals surface area contributed by atoms with Crippen molar-refractivity contribution in [2.24, 2.45) is 11.8 Å². The molecule has 1 amide bonds. The van der Waals surface area contributed by atoms with E-state index in [4.69, 9.17) is 23.2 Å². The summed E-state index contributed by atoms with van der Waals surface area (Å²) in [5.74, 6) is -5.90. The Kier molecular flexibility index (Phi) is 9.61. The summed E-state index contributed by atoms with van der Waals surface area (Å²) in [6.07, 6.45) is -2.28. The van der Waals surface area contributed by atoms with Crippen LogP contribution in [0.1, 0.15) is 50.2 Å². The van der Waals surface area contributed by atoms with Crippen LogP contribution < -0.4 is 5.32 Å². The maximum atomic E-state index is 13.5. The van der Waals surface area contributed by atoms with Crippen LogP contribution in [0.5, 0.6) is 0 Å². The third-order valence-electron chi connectivity index (χ3n) is 5.55. The molecule has 0 aliphatic carbocycles. The van der Waals surface area contributed by atoms with Gasteiger partial charge in [0.15, 0.2) is 0 Å². The molecular weight excluding hydrogens is 478 g/mol. The lowest BCUT2D eigenvalue weighted by molar-refractivity contribution is -0.178. The predicted octanol–water partition coefficient (Wildman–Crippen LogP) is 7.35. The Balaban J connectivity index is 2.32. The van der Waals surface area contributed by atoms with Crippen LogP contribution in [-0.2, 0) is 16.0 Å². The topological polar surface area (TPSA) is 66.4 Å². The summed E-state index contributed by atoms with van der Waals surface area (Å²) < 4.78 is 40.6. The largest absolute Gasteiger partial charge is 0.481 e. The van der Waals surface area contributed by atoms with Gasteiger partial charge < -0.3 is 10.4 Å². The molecule has 2 N–H and O–H groups in total. The Labute approximate surface area is 201 Å². The molecule has 33 heavy (non-hydrogen) atoms. The van der Waals surface area contributed by atoms with Crippen LogP contribution in [0.3, 0.4) is 0 Å². The van der Waals surface area contributed by atoms with Crippen molar-refractivity contribution >= 4 is 40.8 Å². The second-order valence-electron chi connectivity index (χ2n) is 8.04. The molecule has 3 atom stereocenters. The molecular formula is C24H26Cl2F3NO3. The SMILES string of the molecule is CCCC[C@@H](Cc1ccc(Cl)c(NC(=O)[C@H](c2ccc(Cl)cc2)[C@@H](C)C(F)(F)F)c1)C(=O)O. The van der Waals surface area contributed by atoms with Crippen LogP contribution in [0.15, 0.2) is 42.5 Å². The number of benzene rings is 2. The molecule has 0 aliphatic rings. The molecule has 0 saturated heterocycles. The number of hydrogen-bond donors (Lipinski definition) is 2. The van der Waals surface area contributed by atoms with Gasteiger partial charge in [-0.2, -0.15) is 13.2 Å². The Hall–Kier alpha value is -2.25. The minimum absolute atomic E-state index is 0.132. The third-order valence-corrected chi connectivity index (χ3v) is 6.14. The van der Waals surface area contributed by atoms with Gasteiger partial charge >= 0.3 is 12.1 Å². The number of halogens is 5. The highest BCUT2D eigenvalue weighted by Crippen LogP contribution is 2.39. The average Bonchev–Trinajstić information content (AvgIpc) is 2.74. The highest BCUT2D eigenvalue weighted by Gasteiger charge is 2.45. The summed E-state index contributed by atoms with van der Waals surface area (Å²) in [6, 6.07) is 10.3. The molecule has 0 saturated carbocycles. The van der Waals surface area contributed by atoms with Gasteiger partial charge in [0.2, 0.25) is 5.91 Å². The molecule has 2 aromatic rings. The second-order valence-corrected chi connectivity index (χ2v) is 8.89. The fourth-order valence-electron chi connectivity index (χ4n) is 3.58. The van der Waals surface area contributed by atoms with Crippen molar-refractivity contribution < 1.29 is 27.9 Å². The van der Waals surface area contributed by atoms with Gasteiger partial charge in [-0.3, -0.25) is 9.59 Å². The van der Waals surface area contributed by atoms with E-state index in [0.717, 1.165) is 19.8 Å². The Morgan fingerprint density at radius 3 is 2.27 bits per heavy atom. The summed E-state index contributed by atoms with van der Waals surface area (Å²) in [6.45, 7) is 2.91. The van der Waals surface area contributed by atoms with Crippen LogP contribution in [0.2, 0.25) is 10.0 Å². The molecule has 0 aliphatic heterocycles. The number of carboxylic acids is 1. The van der Waals surface area contributed by atoms with Crippen molar-refractivity contribution in [1.82, 2.24) is 0 Å². The number of carbonyl (C=O) groups is 2. The quantitative estimate of drug-likeness (QED) is 0.356. The standard InChI is InChI=1S/C24H26Cl2F3NO3/c1-3-4-5-17(23(32)33)12-15-6-11-19(26)20(13-15)30-22(31)21(14(2)24(27,28)29)16-7-9-18(25)10-8-16/h6-11,13-14,17,21H,3-5,12H2,1-2H3,(H,30,31)(H,32,33)/t14-,17+,21+/m1/s1. The average molecular weight is 504 g/mol. The van der Waals surface area contributed by atoms with E-state index in [1.165, 1.54) is 36.4 Å². The zero-order chi connectivity index (χ0) is 24.8. The first-order valence-electron chi connectivity index (χ1n) is 10.6. The van der Waals surface area contributed by atoms with Crippen LogP contribution in [0, 0.1) is 11.8 Å². The lowest BCUT2D eigenvalue weighted by Gasteiger charge is -2.26. The fraction of sp³-hybridized carbons (Fsp3) is 0.417. The summed E-state index contributed by atoms with van der Waals surface area (Å²) in [5, 5.41) is 12.5. The molecule has 0 unspecified atom stereocenters. The highest BCUT2D eigenvalue weighted by molar-refractivity contribution is 6.33. The van der Waals surface area contributed by atoms with Gasteiger partial charge in [-0.25, -0.2) is 0 Å². The number of hydrogen-bond acceptors (Lipinski definition) is 2. The molecule has 0 fully saturated rings. The van der Waals surface area contributed by atoms with E-state index in [1.807, 2.05) is 6.92 Å². The van der Waals surface area contributed by atoms with Crippen LogP contribution >= 0.6 is 23.2 Å². The number of alkyl halides is 3. The first kappa shape index (κ1) is 27.0. The molecule has 9 heteroatoms. The van der Waals surface area contributed by atoms with E-state index in [0.29, 0.717) is 17.0 Å². The van der Waals surface area contributed by atoms with Crippen molar-refractivity contribution in [2.75, 3.05) is 5.32 Å². The molecule has 0 radical (unpaired) electrons. The predicted molar refractivity (Wildman–Crippen MR) is 124 cm³/mol. The number of anilines is 1. The third kappa shape index (κ3) is 7.64.